The monoisotopic (exact) mass is 336 g/mol. The summed E-state index contributed by atoms with van der Waals surface area (Å²) in [7, 11) is 1.77. The van der Waals surface area contributed by atoms with E-state index in [1.165, 1.54) is 0 Å². The molecule has 25 heavy (non-hydrogen) atoms. The Morgan fingerprint density at radius 1 is 1.24 bits per heavy atom. The van der Waals surface area contributed by atoms with Crippen LogP contribution in [0.4, 0.5) is 0 Å². The Balaban J connectivity index is 1.49. The van der Waals surface area contributed by atoms with Gasteiger partial charge in [-0.15, -0.1) is 0 Å². The zero-order valence-electron chi connectivity index (χ0n) is 14.2. The van der Waals surface area contributed by atoms with Gasteiger partial charge in [0, 0.05) is 24.6 Å². The van der Waals surface area contributed by atoms with Gasteiger partial charge in [0.2, 0.25) is 0 Å². The van der Waals surface area contributed by atoms with Crippen molar-refractivity contribution < 1.29 is 9.32 Å². The Kier molecular flexibility index (Phi) is 4.09. The maximum Gasteiger partial charge on any atom is 0.276 e. The first-order valence-electron chi connectivity index (χ1n) is 8.55. The summed E-state index contributed by atoms with van der Waals surface area (Å²) in [5.74, 6) is 0.763. The number of carbonyl (C=O) groups excluding carboxylic acids is 1. The van der Waals surface area contributed by atoms with E-state index in [-0.39, 0.29) is 5.91 Å². The van der Waals surface area contributed by atoms with Gasteiger partial charge in [-0.2, -0.15) is 5.10 Å². The molecular formula is C19H20N4O2. The van der Waals surface area contributed by atoms with Crippen LogP contribution in [0.25, 0.3) is 11.3 Å². The Hall–Kier alpha value is -2.89. The Morgan fingerprint density at radius 2 is 2.04 bits per heavy atom. The van der Waals surface area contributed by atoms with E-state index in [4.69, 9.17) is 4.52 Å². The molecule has 0 aliphatic heterocycles. The van der Waals surface area contributed by atoms with Crippen molar-refractivity contribution in [3.05, 3.63) is 59.1 Å². The van der Waals surface area contributed by atoms with Crippen molar-refractivity contribution in [3.63, 3.8) is 0 Å². The molecule has 1 aliphatic rings. The summed E-state index contributed by atoms with van der Waals surface area (Å²) in [6, 6.07) is 11.9. The molecule has 0 radical (unpaired) electrons. The van der Waals surface area contributed by atoms with Gasteiger partial charge in [-0.25, -0.2) is 0 Å². The van der Waals surface area contributed by atoms with Crippen LogP contribution in [0.5, 0.6) is 0 Å². The standard InChI is InChI=1S/C19H20N4O2/c1-23(19(24)18-15-9-5-6-10-17(15)25-22-18)12-14-11-16(21-20-14)13-7-3-2-4-8-13/h2-4,7-8,11H,5-6,9-10,12H2,1H3,(H,20,21). The molecule has 2 heterocycles. The van der Waals surface area contributed by atoms with Crippen LogP contribution in [0.15, 0.2) is 40.9 Å². The Morgan fingerprint density at radius 3 is 2.88 bits per heavy atom. The topological polar surface area (TPSA) is 75.0 Å². The molecule has 1 aromatic carbocycles. The van der Waals surface area contributed by atoms with Crippen LogP contribution >= 0.6 is 0 Å². The fourth-order valence-electron chi connectivity index (χ4n) is 3.26. The van der Waals surface area contributed by atoms with Crippen LogP contribution < -0.4 is 0 Å². The predicted octanol–water partition coefficient (Wildman–Crippen LogP) is 3.22. The molecule has 6 nitrogen and oxygen atoms in total. The summed E-state index contributed by atoms with van der Waals surface area (Å²) >= 11 is 0. The van der Waals surface area contributed by atoms with Gasteiger partial charge < -0.3 is 9.42 Å². The Bertz CT molecular complexity index is 882. The van der Waals surface area contributed by atoms with Crippen LogP contribution in [-0.2, 0) is 19.4 Å². The van der Waals surface area contributed by atoms with Crippen LogP contribution in [0.3, 0.4) is 0 Å². The van der Waals surface area contributed by atoms with Gasteiger partial charge in [0.15, 0.2) is 5.69 Å². The number of aromatic nitrogens is 3. The van der Waals surface area contributed by atoms with Crippen molar-refractivity contribution in [1.82, 2.24) is 20.3 Å². The average Bonchev–Trinajstić information content (AvgIpc) is 3.29. The molecule has 6 heteroatoms. The summed E-state index contributed by atoms with van der Waals surface area (Å²) in [5.41, 5.74) is 4.24. The number of benzene rings is 1. The molecule has 0 atom stereocenters. The molecule has 0 fully saturated rings. The molecule has 0 saturated heterocycles. The van der Waals surface area contributed by atoms with Gasteiger partial charge in [-0.1, -0.05) is 35.5 Å². The van der Waals surface area contributed by atoms with Gasteiger partial charge in [-0.05, 0) is 25.3 Å². The molecule has 0 bridgehead atoms. The summed E-state index contributed by atoms with van der Waals surface area (Å²) in [6.45, 7) is 0.445. The van der Waals surface area contributed by atoms with E-state index in [1.807, 2.05) is 36.4 Å². The SMILES string of the molecule is CN(Cc1cc(-c2ccccc2)n[nH]1)C(=O)c1noc2c1CCCC2. The first-order chi connectivity index (χ1) is 12.2. The van der Waals surface area contributed by atoms with E-state index in [9.17, 15) is 4.79 Å². The second-order valence-electron chi connectivity index (χ2n) is 6.45. The van der Waals surface area contributed by atoms with E-state index in [0.29, 0.717) is 12.2 Å². The smallest absolute Gasteiger partial charge is 0.276 e. The van der Waals surface area contributed by atoms with Crippen molar-refractivity contribution in [3.8, 4) is 11.3 Å². The molecule has 2 aromatic heterocycles. The minimum atomic E-state index is -0.109. The highest BCUT2D eigenvalue weighted by molar-refractivity contribution is 5.93. The van der Waals surface area contributed by atoms with E-state index in [1.54, 1.807) is 11.9 Å². The molecule has 1 amide bonds. The third-order valence-electron chi connectivity index (χ3n) is 4.61. The number of fused-ring (bicyclic) bond motifs is 1. The minimum absolute atomic E-state index is 0.109. The highest BCUT2D eigenvalue weighted by atomic mass is 16.5. The third kappa shape index (κ3) is 3.07. The maximum absolute atomic E-state index is 12.7. The highest BCUT2D eigenvalue weighted by Crippen LogP contribution is 2.25. The van der Waals surface area contributed by atoms with Crippen LogP contribution in [-0.4, -0.2) is 33.2 Å². The number of aryl methyl sites for hydroxylation is 1. The molecule has 1 aliphatic carbocycles. The lowest BCUT2D eigenvalue weighted by atomic mass is 9.96. The third-order valence-corrected chi connectivity index (χ3v) is 4.61. The molecule has 4 rings (SSSR count). The zero-order valence-corrected chi connectivity index (χ0v) is 14.2. The van der Waals surface area contributed by atoms with E-state index in [0.717, 1.165) is 54.0 Å². The van der Waals surface area contributed by atoms with Gasteiger partial charge in [-0.3, -0.25) is 9.89 Å². The molecule has 0 saturated carbocycles. The number of rotatable bonds is 4. The fourth-order valence-corrected chi connectivity index (χ4v) is 3.26. The number of hydrogen-bond donors (Lipinski definition) is 1. The van der Waals surface area contributed by atoms with Crippen molar-refractivity contribution in [1.29, 1.82) is 0 Å². The molecule has 128 valence electrons. The lowest BCUT2D eigenvalue weighted by molar-refractivity contribution is 0.0772. The van der Waals surface area contributed by atoms with Gasteiger partial charge in [0.25, 0.3) is 5.91 Å². The lowest BCUT2D eigenvalue weighted by Crippen LogP contribution is -2.27. The number of nitrogens with one attached hydrogen (secondary N) is 1. The molecule has 1 N–H and O–H groups in total. The summed E-state index contributed by atoms with van der Waals surface area (Å²) in [6.07, 6.45) is 3.93. The van der Waals surface area contributed by atoms with Crippen molar-refractivity contribution >= 4 is 5.91 Å². The van der Waals surface area contributed by atoms with E-state index < -0.39 is 0 Å². The van der Waals surface area contributed by atoms with Gasteiger partial charge in [0.1, 0.15) is 5.76 Å². The molecular weight excluding hydrogens is 316 g/mol. The van der Waals surface area contributed by atoms with Crippen LogP contribution in [0, 0.1) is 0 Å². The molecule has 0 unspecified atom stereocenters. The average molecular weight is 336 g/mol. The number of H-pyrrole nitrogens is 1. The maximum atomic E-state index is 12.7. The Labute approximate surface area is 145 Å². The summed E-state index contributed by atoms with van der Waals surface area (Å²) in [5, 5.41) is 11.4. The highest BCUT2D eigenvalue weighted by Gasteiger charge is 2.26. The number of hydrogen-bond acceptors (Lipinski definition) is 4. The van der Waals surface area contributed by atoms with Crippen molar-refractivity contribution in [2.24, 2.45) is 0 Å². The van der Waals surface area contributed by atoms with Crippen LogP contribution in [0.2, 0.25) is 0 Å². The molecule has 0 spiro atoms. The van der Waals surface area contributed by atoms with Gasteiger partial charge in [0.05, 0.1) is 17.9 Å². The van der Waals surface area contributed by atoms with Crippen LogP contribution in [0.1, 0.15) is 40.3 Å². The fraction of sp³-hybridized carbons (Fsp3) is 0.316. The second kappa shape index (κ2) is 6.55. The quantitative estimate of drug-likeness (QED) is 0.794. The minimum Gasteiger partial charge on any atom is -0.360 e. The first-order valence-corrected chi connectivity index (χ1v) is 8.55. The summed E-state index contributed by atoms with van der Waals surface area (Å²) in [4.78, 5) is 14.4. The molecule has 3 aromatic rings. The number of carbonyl (C=O) groups is 1. The number of nitrogens with zero attached hydrogens (tertiary/aromatic N) is 3. The normalized spacial score (nSPS) is 13.5. The van der Waals surface area contributed by atoms with Crippen molar-refractivity contribution in [2.45, 2.75) is 32.2 Å². The second-order valence-corrected chi connectivity index (χ2v) is 6.45. The summed E-state index contributed by atoms with van der Waals surface area (Å²) < 4.78 is 5.35. The lowest BCUT2D eigenvalue weighted by Gasteiger charge is -2.16. The van der Waals surface area contributed by atoms with E-state index in [2.05, 4.69) is 15.4 Å². The zero-order chi connectivity index (χ0) is 17.2. The van der Waals surface area contributed by atoms with Gasteiger partial charge >= 0.3 is 0 Å². The number of aromatic amines is 1. The van der Waals surface area contributed by atoms with Crippen molar-refractivity contribution in [2.75, 3.05) is 7.05 Å². The predicted molar refractivity (Wildman–Crippen MR) is 93.0 cm³/mol. The number of amides is 1. The van der Waals surface area contributed by atoms with E-state index >= 15 is 0 Å². The first kappa shape index (κ1) is 15.6. The largest absolute Gasteiger partial charge is 0.360 e.